The second-order valence-electron chi connectivity index (χ2n) is 3.48. The number of nitrogens with two attached hydrogens (primary N) is 1. The van der Waals surface area contributed by atoms with Gasteiger partial charge < -0.3 is 5.73 Å². The Hall–Kier alpha value is -2.12. The van der Waals surface area contributed by atoms with Crippen LogP contribution in [0.2, 0.25) is 0 Å². The van der Waals surface area contributed by atoms with Crippen molar-refractivity contribution in [2.75, 3.05) is 5.73 Å². The fraction of sp³-hybridized carbons (Fsp3) is 0.100. The lowest BCUT2D eigenvalue weighted by Gasteiger charge is -2.17. The molecular weight excluding hydrogens is 257 g/mol. The predicted octanol–water partition coefficient (Wildman–Crippen LogP) is 2.48. The van der Waals surface area contributed by atoms with Gasteiger partial charge in [0.1, 0.15) is 0 Å². The van der Waals surface area contributed by atoms with Crippen molar-refractivity contribution in [3.05, 3.63) is 47.5 Å². The summed E-state index contributed by atoms with van der Waals surface area (Å²) in [6, 6.07) is -3.11. The van der Waals surface area contributed by atoms with Crippen LogP contribution >= 0.6 is 0 Å². The molecule has 0 atom stereocenters. The van der Waals surface area contributed by atoms with E-state index in [4.69, 9.17) is 5.73 Å². The molecule has 0 saturated carbocycles. The van der Waals surface area contributed by atoms with Gasteiger partial charge in [0, 0.05) is 0 Å². The molecule has 2 N–H and O–H groups in total. The maximum absolute atomic E-state index is 13.8. The topological polar surface area (TPSA) is 43.8 Å². The van der Waals surface area contributed by atoms with Gasteiger partial charge in [0.2, 0.25) is 0 Å². The van der Waals surface area contributed by atoms with E-state index in [0.29, 0.717) is 12.1 Å². The zero-order chi connectivity index (χ0) is 13.5. The summed E-state index contributed by atoms with van der Waals surface area (Å²) in [6.07, 6.45) is 1.67. The highest BCUT2D eigenvalue weighted by Gasteiger charge is 2.39. The summed E-state index contributed by atoms with van der Waals surface area (Å²) >= 11 is 0. The number of aromatic nitrogens is 2. The van der Waals surface area contributed by atoms with E-state index in [1.165, 1.54) is 0 Å². The van der Waals surface area contributed by atoms with Gasteiger partial charge in [-0.1, -0.05) is 0 Å². The number of hydrogen-bond acceptors (Lipinski definition) is 2. The maximum Gasteiger partial charge on any atom is 0.373 e. The lowest BCUT2D eigenvalue weighted by Crippen LogP contribution is -2.27. The second-order valence-corrected chi connectivity index (χ2v) is 3.48. The Labute approximate surface area is 97.6 Å². The molecule has 0 spiro atoms. The summed E-state index contributed by atoms with van der Waals surface area (Å²) in [5.74, 6) is -5.48. The highest BCUT2D eigenvalue weighted by molar-refractivity contribution is 5.32. The minimum atomic E-state index is -3.98. The fourth-order valence-corrected chi connectivity index (χ4v) is 1.37. The minimum Gasteiger partial charge on any atom is -0.396 e. The molecule has 0 amide bonds. The SMILES string of the molecule is Nc1cnn(C(F)(F)c2ccc(F)c(F)c2F)c1. The van der Waals surface area contributed by atoms with Gasteiger partial charge in [-0.3, -0.25) is 0 Å². The third kappa shape index (κ3) is 1.79. The number of rotatable bonds is 2. The maximum atomic E-state index is 13.8. The molecule has 0 radical (unpaired) electrons. The average Bonchev–Trinajstić information content (AvgIpc) is 2.73. The molecule has 0 unspecified atom stereocenters. The molecule has 0 bridgehead atoms. The first-order valence-corrected chi connectivity index (χ1v) is 4.66. The van der Waals surface area contributed by atoms with E-state index >= 15 is 0 Å². The summed E-state index contributed by atoms with van der Waals surface area (Å²) in [5, 5.41) is 3.22. The quantitative estimate of drug-likeness (QED) is 0.668. The molecular formula is C10H6F5N3. The van der Waals surface area contributed by atoms with Gasteiger partial charge in [-0.2, -0.15) is 13.9 Å². The number of nitrogen functional groups attached to an aromatic ring is 1. The zero-order valence-electron chi connectivity index (χ0n) is 8.67. The largest absolute Gasteiger partial charge is 0.396 e. The first-order chi connectivity index (χ1) is 8.34. The predicted molar refractivity (Wildman–Crippen MR) is 52.2 cm³/mol. The van der Waals surface area contributed by atoms with Crippen molar-refractivity contribution in [3.63, 3.8) is 0 Å². The van der Waals surface area contributed by atoms with Crippen LogP contribution in [0.3, 0.4) is 0 Å². The molecule has 18 heavy (non-hydrogen) atoms. The van der Waals surface area contributed by atoms with E-state index in [2.05, 4.69) is 5.10 Å². The molecule has 0 fully saturated rings. The van der Waals surface area contributed by atoms with E-state index < -0.39 is 29.1 Å². The van der Waals surface area contributed by atoms with Gasteiger partial charge in [-0.15, -0.1) is 0 Å². The summed E-state index contributed by atoms with van der Waals surface area (Å²) in [5.41, 5.74) is 3.80. The highest BCUT2D eigenvalue weighted by atomic mass is 19.3. The molecule has 2 rings (SSSR count). The van der Waals surface area contributed by atoms with Crippen molar-refractivity contribution in [1.82, 2.24) is 9.78 Å². The minimum absolute atomic E-state index is 0.0676. The van der Waals surface area contributed by atoms with Crippen LogP contribution in [0.25, 0.3) is 0 Å². The van der Waals surface area contributed by atoms with E-state index in [1.54, 1.807) is 0 Å². The van der Waals surface area contributed by atoms with E-state index in [-0.39, 0.29) is 10.4 Å². The van der Waals surface area contributed by atoms with Crippen molar-refractivity contribution in [2.45, 2.75) is 6.05 Å². The fourth-order valence-electron chi connectivity index (χ4n) is 1.37. The number of nitrogens with zero attached hydrogens (tertiary/aromatic N) is 2. The van der Waals surface area contributed by atoms with E-state index in [0.717, 1.165) is 12.4 Å². The first kappa shape index (κ1) is 12.3. The van der Waals surface area contributed by atoms with Crippen LogP contribution in [0.5, 0.6) is 0 Å². The summed E-state index contributed by atoms with van der Waals surface area (Å²) in [7, 11) is 0. The summed E-state index contributed by atoms with van der Waals surface area (Å²) in [6.45, 7) is 0. The molecule has 1 aromatic carbocycles. The van der Waals surface area contributed by atoms with Crippen molar-refractivity contribution in [1.29, 1.82) is 0 Å². The van der Waals surface area contributed by atoms with Crippen LogP contribution in [0.1, 0.15) is 5.56 Å². The molecule has 1 heterocycles. The Morgan fingerprint density at radius 2 is 1.78 bits per heavy atom. The van der Waals surface area contributed by atoms with E-state index in [9.17, 15) is 22.0 Å². The van der Waals surface area contributed by atoms with Crippen LogP contribution in [-0.4, -0.2) is 9.78 Å². The van der Waals surface area contributed by atoms with Gasteiger partial charge in [-0.25, -0.2) is 17.9 Å². The summed E-state index contributed by atoms with van der Waals surface area (Å²) in [4.78, 5) is 0. The molecule has 96 valence electrons. The zero-order valence-corrected chi connectivity index (χ0v) is 8.67. The van der Waals surface area contributed by atoms with Gasteiger partial charge in [0.05, 0.1) is 23.6 Å². The van der Waals surface area contributed by atoms with Crippen molar-refractivity contribution in [3.8, 4) is 0 Å². The van der Waals surface area contributed by atoms with Crippen LogP contribution in [-0.2, 0) is 6.05 Å². The molecule has 8 heteroatoms. The van der Waals surface area contributed by atoms with Crippen LogP contribution in [0.4, 0.5) is 27.6 Å². The molecule has 1 aromatic heterocycles. The third-order valence-electron chi connectivity index (χ3n) is 2.25. The van der Waals surface area contributed by atoms with E-state index in [1.807, 2.05) is 0 Å². The lowest BCUT2D eigenvalue weighted by atomic mass is 10.1. The van der Waals surface area contributed by atoms with Crippen LogP contribution < -0.4 is 5.73 Å². The number of halogens is 5. The Morgan fingerprint density at radius 1 is 1.11 bits per heavy atom. The molecule has 0 aliphatic rings. The van der Waals surface area contributed by atoms with Crippen molar-refractivity contribution < 1.29 is 22.0 Å². The van der Waals surface area contributed by atoms with Gasteiger partial charge in [-0.05, 0) is 12.1 Å². The normalized spacial score (nSPS) is 11.8. The standard InChI is InChI=1S/C10H6F5N3/c11-7-2-1-6(8(12)9(7)13)10(14,15)18-4-5(16)3-17-18/h1-4H,16H2. The second kappa shape index (κ2) is 3.97. The van der Waals surface area contributed by atoms with Crippen molar-refractivity contribution in [2.24, 2.45) is 0 Å². The van der Waals surface area contributed by atoms with Gasteiger partial charge in [0.15, 0.2) is 17.5 Å². The Balaban J connectivity index is 2.57. The molecule has 0 aliphatic carbocycles. The van der Waals surface area contributed by atoms with Crippen LogP contribution in [0.15, 0.2) is 24.5 Å². The Bertz CT molecular complexity index is 593. The smallest absolute Gasteiger partial charge is 0.373 e. The number of benzene rings is 1. The first-order valence-electron chi connectivity index (χ1n) is 4.66. The molecule has 2 aromatic rings. The average molecular weight is 263 g/mol. The number of hydrogen-bond donors (Lipinski definition) is 1. The number of alkyl halides is 2. The molecule has 3 nitrogen and oxygen atoms in total. The third-order valence-corrected chi connectivity index (χ3v) is 2.25. The van der Waals surface area contributed by atoms with Crippen molar-refractivity contribution >= 4 is 5.69 Å². The monoisotopic (exact) mass is 263 g/mol. The van der Waals surface area contributed by atoms with Crippen LogP contribution in [0, 0.1) is 17.5 Å². The Morgan fingerprint density at radius 3 is 2.33 bits per heavy atom. The highest BCUT2D eigenvalue weighted by Crippen LogP contribution is 2.33. The lowest BCUT2D eigenvalue weighted by molar-refractivity contribution is -0.0518. The molecule has 0 saturated heterocycles. The summed E-state index contributed by atoms with van der Waals surface area (Å²) < 4.78 is 66.5. The van der Waals surface area contributed by atoms with Gasteiger partial charge in [0.25, 0.3) is 0 Å². The molecule has 0 aliphatic heterocycles. The van der Waals surface area contributed by atoms with Gasteiger partial charge >= 0.3 is 6.05 Å². The Kier molecular flexibility index (Phi) is 2.72. The number of anilines is 1.